The van der Waals surface area contributed by atoms with Crippen LogP contribution in [0.3, 0.4) is 0 Å². The average Bonchev–Trinajstić information content (AvgIpc) is 2.56. The van der Waals surface area contributed by atoms with Crippen molar-refractivity contribution in [1.29, 1.82) is 0 Å². The molecule has 0 aliphatic rings. The molecular weight excluding hydrogens is 306 g/mol. The molecule has 0 spiro atoms. The molecule has 0 unspecified atom stereocenters. The molecule has 122 valence electrons. The molecule has 0 saturated heterocycles. The Kier molecular flexibility index (Phi) is 4.24. The summed E-state index contributed by atoms with van der Waals surface area (Å²) >= 11 is 0. The number of rotatable bonds is 4. The predicted octanol–water partition coefficient (Wildman–Crippen LogP) is 3.81. The van der Waals surface area contributed by atoms with E-state index in [1.54, 1.807) is 30.4 Å². The van der Waals surface area contributed by atoms with Crippen LogP contribution in [-0.2, 0) is 0 Å². The van der Waals surface area contributed by atoms with Crippen molar-refractivity contribution in [1.82, 2.24) is 0 Å². The molecule has 1 aromatic heterocycles. The third kappa shape index (κ3) is 3.25. The first kappa shape index (κ1) is 15.7. The van der Waals surface area contributed by atoms with E-state index in [1.807, 2.05) is 19.1 Å². The zero-order valence-corrected chi connectivity index (χ0v) is 13.1. The van der Waals surface area contributed by atoms with Crippen LogP contribution in [0.4, 0.5) is 5.69 Å². The Bertz CT molecular complexity index is 973. The predicted molar refractivity (Wildman–Crippen MR) is 95.3 cm³/mol. The van der Waals surface area contributed by atoms with Crippen molar-refractivity contribution in [3.63, 3.8) is 0 Å². The van der Waals surface area contributed by atoms with E-state index in [2.05, 4.69) is 5.32 Å². The van der Waals surface area contributed by atoms with Crippen molar-refractivity contribution >= 4 is 28.8 Å². The fourth-order valence-corrected chi connectivity index (χ4v) is 2.39. The van der Waals surface area contributed by atoms with Gasteiger partial charge in [-0.05, 0) is 48.9 Å². The highest BCUT2D eigenvalue weighted by molar-refractivity contribution is 5.83. The molecule has 0 atom stereocenters. The lowest BCUT2D eigenvalue weighted by atomic mass is 10.1. The zero-order chi connectivity index (χ0) is 17.1. The minimum atomic E-state index is -0.435. The molecule has 0 aliphatic heterocycles. The molecule has 0 amide bonds. The highest BCUT2D eigenvalue weighted by Gasteiger charge is 2.04. The second-order valence-electron chi connectivity index (χ2n) is 5.35. The standard InChI is InChI=1S/C19H17NO4/c1-2-20-15-7-6-13-10-14(19(23)24-18(13)11-15)5-3-12-4-8-16(21)17(22)9-12/h3-11,20-22H,2H2,1H3/b5-3+. The smallest absolute Gasteiger partial charge is 0.343 e. The quantitative estimate of drug-likeness (QED) is 0.502. The summed E-state index contributed by atoms with van der Waals surface area (Å²) in [5.74, 6) is -0.396. The number of nitrogens with one attached hydrogen (secondary N) is 1. The lowest BCUT2D eigenvalue weighted by Crippen LogP contribution is -2.03. The number of phenols is 2. The van der Waals surface area contributed by atoms with E-state index in [0.29, 0.717) is 16.7 Å². The maximum absolute atomic E-state index is 12.1. The van der Waals surface area contributed by atoms with Crippen molar-refractivity contribution in [2.45, 2.75) is 6.92 Å². The van der Waals surface area contributed by atoms with Gasteiger partial charge < -0.3 is 19.9 Å². The fourth-order valence-electron chi connectivity index (χ4n) is 2.39. The second kappa shape index (κ2) is 6.50. The topological polar surface area (TPSA) is 82.7 Å². The van der Waals surface area contributed by atoms with Crippen molar-refractivity contribution in [2.75, 3.05) is 11.9 Å². The van der Waals surface area contributed by atoms with E-state index in [0.717, 1.165) is 17.6 Å². The van der Waals surface area contributed by atoms with Crippen molar-refractivity contribution in [2.24, 2.45) is 0 Å². The van der Waals surface area contributed by atoms with Gasteiger partial charge in [0.25, 0.3) is 0 Å². The number of phenolic OH excluding ortho intramolecular Hbond substituents is 2. The molecule has 3 rings (SSSR count). The number of fused-ring (bicyclic) bond motifs is 1. The monoisotopic (exact) mass is 323 g/mol. The average molecular weight is 323 g/mol. The SMILES string of the molecule is CCNc1ccc2cc(/C=C/c3ccc(O)c(O)c3)c(=O)oc2c1. The summed E-state index contributed by atoms with van der Waals surface area (Å²) in [6.07, 6.45) is 3.29. The highest BCUT2D eigenvalue weighted by atomic mass is 16.4. The lowest BCUT2D eigenvalue weighted by Gasteiger charge is -2.04. The third-order valence-electron chi connectivity index (χ3n) is 3.60. The van der Waals surface area contributed by atoms with Gasteiger partial charge in [-0.2, -0.15) is 0 Å². The minimum Gasteiger partial charge on any atom is -0.504 e. The van der Waals surface area contributed by atoms with E-state index >= 15 is 0 Å². The van der Waals surface area contributed by atoms with Gasteiger partial charge in [0.1, 0.15) is 5.58 Å². The van der Waals surface area contributed by atoms with Crippen LogP contribution in [-0.4, -0.2) is 16.8 Å². The van der Waals surface area contributed by atoms with E-state index in [9.17, 15) is 15.0 Å². The second-order valence-corrected chi connectivity index (χ2v) is 5.35. The maximum atomic E-state index is 12.1. The van der Waals surface area contributed by atoms with Gasteiger partial charge in [0.05, 0.1) is 5.56 Å². The summed E-state index contributed by atoms with van der Waals surface area (Å²) in [5.41, 5.74) is 2.06. The minimum absolute atomic E-state index is 0.186. The molecule has 5 heteroatoms. The Morgan fingerprint density at radius 3 is 2.62 bits per heavy atom. The molecule has 0 aliphatic carbocycles. The Balaban J connectivity index is 1.95. The first-order chi connectivity index (χ1) is 11.6. The lowest BCUT2D eigenvalue weighted by molar-refractivity contribution is 0.403. The summed E-state index contributed by atoms with van der Waals surface area (Å²) in [7, 11) is 0. The summed E-state index contributed by atoms with van der Waals surface area (Å²) in [5, 5.41) is 22.8. The highest BCUT2D eigenvalue weighted by Crippen LogP contribution is 2.26. The summed E-state index contributed by atoms with van der Waals surface area (Å²) in [6, 6.07) is 11.8. The number of anilines is 1. The van der Waals surface area contributed by atoms with Crippen molar-refractivity contribution in [3.8, 4) is 11.5 Å². The first-order valence-corrected chi connectivity index (χ1v) is 7.58. The fraction of sp³-hybridized carbons (Fsp3) is 0.105. The van der Waals surface area contributed by atoms with Gasteiger partial charge in [0, 0.05) is 23.7 Å². The largest absolute Gasteiger partial charge is 0.504 e. The van der Waals surface area contributed by atoms with Gasteiger partial charge in [-0.1, -0.05) is 12.1 Å². The van der Waals surface area contributed by atoms with Gasteiger partial charge in [0.2, 0.25) is 0 Å². The number of aromatic hydroxyl groups is 2. The van der Waals surface area contributed by atoms with Gasteiger partial charge in [-0.15, -0.1) is 0 Å². The first-order valence-electron chi connectivity index (χ1n) is 7.58. The number of hydrogen-bond acceptors (Lipinski definition) is 5. The van der Waals surface area contributed by atoms with Crippen LogP contribution >= 0.6 is 0 Å². The van der Waals surface area contributed by atoms with Crippen LogP contribution in [0.25, 0.3) is 23.1 Å². The molecule has 3 N–H and O–H groups in total. The zero-order valence-electron chi connectivity index (χ0n) is 13.1. The van der Waals surface area contributed by atoms with Gasteiger partial charge in [-0.25, -0.2) is 4.79 Å². The molecule has 0 saturated carbocycles. The normalized spacial score (nSPS) is 11.2. The molecule has 3 aromatic rings. The number of benzene rings is 2. The molecule has 1 heterocycles. The Labute approximate surface area is 138 Å². The van der Waals surface area contributed by atoms with E-state index in [4.69, 9.17) is 4.42 Å². The van der Waals surface area contributed by atoms with Gasteiger partial charge in [-0.3, -0.25) is 0 Å². The molecule has 0 bridgehead atoms. The molecule has 2 aromatic carbocycles. The molecule has 0 fully saturated rings. The Morgan fingerprint density at radius 1 is 1.04 bits per heavy atom. The van der Waals surface area contributed by atoms with Crippen LogP contribution in [0.1, 0.15) is 18.1 Å². The third-order valence-corrected chi connectivity index (χ3v) is 3.60. The van der Waals surface area contributed by atoms with Gasteiger partial charge in [0.15, 0.2) is 11.5 Å². The Hall–Kier alpha value is -3.21. The molecule has 0 radical (unpaired) electrons. The summed E-state index contributed by atoms with van der Waals surface area (Å²) in [6.45, 7) is 2.78. The molecule has 24 heavy (non-hydrogen) atoms. The van der Waals surface area contributed by atoms with Crippen LogP contribution in [0.5, 0.6) is 11.5 Å². The number of hydrogen-bond donors (Lipinski definition) is 3. The van der Waals surface area contributed by atoms with Crippen LogP contribution in [0, 0.1) is 0 Å². The van der Waals surface area contributed by atoms with Crippen LogP contribution in [0.15, 0.2) is 51.7 Å². The van der Waals surface area contributed by atoms with E-state index in [1.165, 1.54) is 12.1 Å². The molecular formula is C19H17NO4. The Morgan fingerprint density at radius 2 is 1.88 bits per heavy atom. The van der Waals surface area contributed by atoms with E-state index in [-0.39, 0.29) is 11.5 Å². The van der Waals surface area contributed by atoms with E-state index < -0.39 is 5.63 Å². The van der Waals surface area contributed by atoms with Crippen molar-refractivity contribution in [3.05, 3.63) is 64.0 Å². The molecule has 5 nitrogen and oxygen atoms in total. The van der Waals surface area contributed by atoms with Crippen LogP contribution in [0.2, 0.25) is 0 Å². The van der Waals surface area contributed by atoms with Crippen molar-refractivity contribution < 1.29 is 14.6 Å². The van der Waals surface area contributed by atoms with Crippen LogP contribution < -0.4 is 10.9 Å². The summed E-state index contributed by atoms with van der Waals surface area (Å²) in [4.78, 5) is 12.1. The summed E-state index contributed by atoms with van der Waals surface area (Å²) < 4.78 is 5.37. The maximum Gasteiger partial charge on any atom is 0.343 e. The van der Waals surface area contributed by atoms with Gasteiger partial charge >= 0.3 is 5.63 Å².